The highest BCUT2D eigenvalue weighted by Crippen LogP contribution is 2.38. The molecule has 4 aromatic rings. The molecule has 0 aliphatic heterocycles. The number of furan rings is 1. The van der Waals surface area contributed by atoms with E-state index >= 15 is 0 Å². The third kappa shape index (κ3) is 4.74. The SMILES string of the molecule is COc1cccc2[nH]cc([C@H](CC(=O)NCc3ccco3)c3cccc(OC(F)F)c3)c12. The number of fused-ring (bicyclic) bond motifs is 1. The molecule has 0 spiro atoms. The summed E-state index contributed by atoms with van der Waals surface area (Å²) >= 11 is 0. The van der Waals surface area contributed by atoms with Gasteiger partial charge in [-0.1, -0.05) is 18.2 Å². The first-order chi connectivity index (χ1) is 15.5. The first-order valence-corrected chi connectivity index (χ1v) is 10.0. The molecule has 2 aromatic heterocycles. The van der Waals surface area contributed by atoms with Crippen molar-refractivity contribution in [3.05, 3.63) is 83.9 Å². The molecule has 0 saturated heterocycles. The van der Waals surface area contributed by atoms with E-state index < -0.39 is 12.5 Å². The fourth-order valence-electron chi connectivity index (χ4n) is 3.79. The van der Waals surface area contributed by atoms with Gasteiger partial charge in [0, 0.05) is 29.4 Å². The van der Waals surface area contributed by atoms with Gasteiger partial charge >= 0.3 is 6.61 Å². The van der Waals surface area contributed by atoms with Crippen molar-refractivity contribution in [2.45, 2.75) is 25.5 Å². The Morgan fingerprint density at radius 3 is 2.75 bits per heavy atom. The summed E-state index contributed by atoms with van der Waals surface area (Å²) in [4.78, 5) is 16.0. The normalized spacial score (nSPS) is 12.1. The molecule has 32 heavy (non-hydrogen) atoms. The molecule has 8 heteroatoms. The number of ether oxygens (including phenoxy) is 2. The van der Waals surface area contributed by atoms with E-state index in [1.807, 2.05) is 24.4 Å². The van der Waals surface area contributed by atoms with Gasteiger partial charge in [-0.2, -0.15) is 8.78 Å². The van der Waals surface area contributed by atoms with Crippen LogP contribution in [0, 0.1) is 0 Å². The van der Waals surface area contributed by atoms with Crippen molar-refractivity contribution in [3.8, 4) is 11.5 Å². The van der Waals surface area contributed by atoms with Crippen LogP contribution in [-0.2, 0) is 11.3 Å². The molecule has 166 valence electrons. The molecule has 0 radical (unpaired) electrons. The van der Waals surface area contributed by atoms with Crippen molar-refractivity contribution in [2.75, 3.05) is 7.11 Å². The maximum absolute atomic E-state index is 12.8. The van der Waals surface area contributed by atoms with E-state index in [0.29, 0.717) is 17.1 Å². The van der Waals surface area contributed by atoms with Gasteiger partial charge < -0.3 is 24.2 Å². The van der Waals surface area contributed by atoms with Crippen molar-refractivity contribution in [3.63, 3.8) is 0 Å². The van der Waals surface area contributed by atoms with Crippen LogP contribution in [0.2, 0.25) is 0 Å². The average molecular weight is 440 g/mol. The molecule has 0 bridgehead atoms. The number of hydrogen-bond donors (Lipinski definition) is 2. The number of methoxy groups -OCH3 is 1. The third-order valence-corrected chi connectivity index (χ3v) is 5.21. The lowest BCUT2D eigenvalue weighted by molar-refractivity contribution is -0.121. The molecule has 6 nitrogen and oxygen atoms in total. The van der Waals surface area contributed by atoms with Crippen LogP contribution in [0.4, 0.5) is 8.78 Å². The number of carbonyl (C=O) groups is 1. The lowest BCUT2D eigenvalue weighted by Gasteiger charge is -2.19. The largest absolute Gasteiger partial charge is 0.496 e. The number of H-pyrrole nitrogens is 1. The van der Waals surface area contributed by atoms with Gasteiger partial charge in [0.2, 0.25) is 5.91 Å². The summed E-state index contributed by atoms with van der Waals surface area (Å²) in [5.41, 5.74) is 2.34. The van der Waals surface area contributed by atoms with Crippen LogP contribution in [0.3, 0.4) is 0 Å². The molecule has 0 unspecified atom stereocenters. The summed E-state index contributed by atoms with van der Waals surface area (Å²) in [6.07, 6.45) is 3.44. The van der Waals surface area contributed by atoms with E-state index in [9.17, 15) is 13.6 Å². The van der Waals surface area contributed by atoms with Crippen molar-refractivity contribution < 1.29 is 27.5 Å². The Kier molecular flexibility index (Phi) is 6.39. The Balaban J connectivity index is 1.69. The molecule has 0 aliphatic carbocycles. The number of benzene rings is 2. The van der Waals surface area contributed by atoms with Crippen molar-refractivity contribution >= 4 is 16.8 Å². The lowest BCUT2D eigenvalue weighted by Crippen LogP contribution is -2.24. The topological polar surface area (TPSA) is 76.5 Å². The first kappa shape index (κ1) is 21.4. The van der Waals surface area contributed by atoms with Gasteiger partial charge in [0.05, 0.1) is 19.9 Å². The Morgan fingerprint density at radius 1 is 1.16 bits per heavy atom. The number of nitrogens with one attached hydrogen (secondary N) is 2. The molecule has 0 fully saturated rings. The number of carbonyl (C=O) groups excluding carboxylic acids is 1. The average Bonchev–Trinajstić information content (AvgIpc) is 3.45. The summed E-state index contributed by atoms with van der Waals surface area (Å²) in [6, 6.07) is 15.5. The minimum Gasteiger partial charge on any atom is -0.496 e. The number of halogens is 2. The monoisotopic (exact) mass is 440 g/mol. The molecule has 2 aromatic carbocycles. The van der Waals surface area contributed by atoms with Crippen LogP contribution in [0.25, 0.3) is 10.9 Å². The first-order valence-electron chi connectivity index (χ1n) is 10.0. The van der Waals surface area contributed by atoms with Gasteiger partial charge in [-0.15, -0.1) is 0 Å². The second kappa shape index (κ2) is 9.55. The number of aromatic nitrogens is 1. The molecular weight excluding hydrogens is 418 g/mol. The Morgan fingerprint density at radius 2 is 2.00 bits per heavy atom. The maximum atomic E-state index is 12.8. The lowest BCUT2D eigenvalue weighted by atomic mass is 9.87. The molecule has 0 aliphatic rings. The second-order valence-electron chi connectivity index (χ2n) is 7.19. The van der Waals surface area contributed by atoms with Crippen LogP contribution >= 0.6 is 0 Å². The number of aromatic amines is 1. The third-order valence-electron chi connectivity index (χ3n) is 5.21. The van der Waals surface area contributed by atoms with Crippen molar-refractivity contribution in [1.82, 2.24) is 10.3 Å². The molecule has 0 saturated carbocycles. The van der Waals surface area contributed by atoms with E-state index in [1.54, 1.807) is 31.4 Å². The number of amides is 1. The van der Waals surface area contributed by atoms with Crippen LogP contribution in [0.1, 0.15) is 29.2 Å². The molecule has 1 amide bonds. The zero-order valence-corrected chi connectivity index (χ0v) is 17.3. The van der Waals surface area contributed by atoms with E-state index in [1.165, 1.54) is 18.4 Å². The molecule has 4 rings (SSSR count). The van der Waals surface area contributed by atoms with Gasteiger partial charge in [-0.25, -0.2) is 0 Å². The zero-order chi connectivity index (χ0) is 22.5. The summed E-state index contributed by atoms with van der Waals surface area (Å²) in [5.74, 6) is 0.676. The second-order valence-corrected chi connectivity index (χ2v) is 7.19. The highest BCUT2D eigenvalue weighted by molar-refractivity contribution is 5.91. The summed E-state index contributed by atoms with van der Waals surface area (Å²) in [6.45, 7) is -2.68. The fourth-order valence-corrected chi connectivity index (χ4v) is 3.79. The number of rotatable bonds is 9. The van der Waals surface area contributed by atoms with Crippen LogP contribution < -0.4 is 14.8 Å². The summed E-state index contributed by atoms with van der Waals surface area (Å²) in [7, 11) is 1.58. The summed E-state index contributed by atoms with van der Waals surface area (Å²) < 4.78 is 40.9. The maximum Gasteiger partial charge on any atom is 0.387 e. The Hall–Kier alpha value is -3.81. The Labute approximate surface area is 183 Å². The fraction of sp³-hybridized carbons (Fsp3) is 0.208. The smallest absolute Gasteiger partial charge is 0.387 e. The van der Waals surface area contributed by atoms with E-state index in [-0.39, 0.29) is 24.6 Å². The van der Waals surface area contributed by atoms with Crippen LogP contribution in [0.15, 0.2) is 71.5 Å². The van der Waals surface area contributed by atoms with Crippen molar-refractivity contribution in [1.29, 1.82) is 0 Å². The zero-order valence-electron chi connectivity index (χ0n) is 17.3. The summed E-state index contributed by atoms with van der Waals surface area (Å²) in [5, 5.41) is 3.68. The van der Waals surface area contributed by atoms with Crippen LogP contribution in [-0.4, -0.2) is 24.6 Å². The standard InChI is InChI=1S/C24H22F2N2O4/c1-30-21-9-3-8-20-23(21)19(14-27-20)18(12-22(29)28-13-17-7-4-10-31-17)15-5-2-6-16(11-15)32-24(25)26/h2-11,14,18,24,27H,12-13H2,1H3,(H,28,29)/t18-/m1/s1. The van der Waals surface area contributed by atoms with Crippen LogP contribution in [0.5, 0.6) is 11.5 Å². The predicted octanol–water partition coefficient (Wildman–Crippen LogP) is 5.21. The molecule has 2 heterocycles. The van der Waals surface area contributed by atoms with E-state index in [2.05, 4.69) is 15.0 Å². The number of alkyl halides is 2. The van der Waals surface area contributed by atoms with Crippen molar-refractivity contribution in [2.24, 2.45) is 0 Å². The minimum absolute atomic E-state index is 0.0327. The highest BCUT2D eigenvalue weighted by atomic mass is 19.3. The highest BCUT2D eigenvalue weighted by Gasteiger charge is 2.24. The molecular formula is C24H22F2N2O4. The van der Waals surface area contributed by atoms with Gasteiger partial charge in [-0.05, 0) is 47.5 Å². The predicted molar refractivity (Wildman–Crippen MR) is 115 cm³/mol. The van der Waals surface area contributed by atoms with E-state index in [0.717, 1.165) is 16.5 Å². The number of hydrogen-bond acceptors (Lipinski definition) is 4. The van der Waals surface area contributed by atoms with Gasteiger partial charge in [0.15, 0.2) is 0 Å². The quantitative estimate of drug-likeness (QED) is 0.375. The van der Waals surface area contributed by atoms with Gasteiger partial charge in [0.1, 0.15) is 17.3 Å². The minimum atomic E-state index is -2.94. The van der Waals surface area contributed by atoms with Gasteiger partial charge in [0.25, 0.3) is 0 Å². The Bertz CT molecular complexity index is 1190. The molecule has 2 N–H and O–H groups in total. The molecule has 1 atom stereocenters. The van der Waals surface area contributed by atoms with Gasteiger partial charge in [-0.3, -0.25) is 4.79 Å². The van der Waals surface area contributed by atoms with E-state index in [4.69, 9.17) is 9.15 Å².